The van der Waals surface area contributed by atoms with Crippen LogP contribution in [0.2, 0.25) is 0 Å². The smallest absolute Gasteiger partial charge is 0.241 e. The second-order valence-corrected chi connectivity index (χ2v) is 10.1. The van der Waals surface area contributed by atoms with E-state index in [1.54, 1.807) is 18.2 Å². The van der Waals surface area contributed by atoms with E-state index < -0.39 is 10.0 Å². The van der Waals surface area contributed by atoms with Gasteiger partial charge in [-0.1, -0.05) is 42.8 Å². The zero-order valence-corrected chi connectivity index (χ0v) is 19.3. The number of sulfonamides is 1. The van der Waals surface area contributed by atoms with E-state index in [0.717, 1.165) is 12.1 Å². The van der Waals surface area contributed by atoms with Crippen molar-refractivity contribution in [3.63, 3.8) is 0 Å². The van der Waals surface area contributed by atoms with Crippen LogP contribution >= 0.6 is 15.9 Å². The minimum atomic E-state index is -3.65. The molecule has 0 unspecified atom stereocenters. The van der Waals surface area contributed by atoms with Gasteiger partial charge in [-0.25, -0.2) is 13.1 Å². The summed E-state index contributed by atoms with van der Waals surface area (Å²) < 4.78 is 27.6. The molecule has 0 bridgehead atoms. The molecule has 2 aromatic carbocycles. The lowest BCUT2D eigenvalue weighted by Gasteiger charge is -2.26. The maximum atomic E-state index is 12.3. The number of likely N-dealkylation sites (tertiary alicyclic amines) is 1. The molecular formula is C22H28BrN3O3S. The number of piperidine rings is 1. The Morgan fingerprint density at radius 2 is 1.63 bits per heavy atom. The van der Waals surface area contributed by atoms with Crippen LogP contribution in [-0.4, -0.2) is 38.9 Å². The first-order valence-electron chi connectivity index (χ1n) is 10.2. The molecule has 30 heavy (non-hydrogen) atoms. The maximum absolute atomic E-state index is 12.3. The van der Waals surface area contributed by atoms with E-state index in [-0.39, 0.29) is 23.8 Å². The fourth-order valence-electron chi connectivity index (χ4n) is 3.47. The average molecular weight is 494 g/mol. The van der Waals surface area contributed by atoms with Crippen molar-refractivity contribution in [1.29, 1.82) is 0 Å². The number of hydrogen-bond acceptors (Lipinski definition) is 4. The van der Waals surface area contributed by atoms with E-state index in [1.807, 2.05) is 12.1 Å². The number of carbonyl (C=O) groups is 1. The third-order valence-electron chi connectivity index (χ3n) is 5.14. The molecule has 1 aliphatic heterocycles. The van der Waals surface area contributed by atoms with E-state index in [1.165, 1.54) is 44.0 Å². The van der Waals surface area contributed by atoms with Gasteiger partial charge in [0.1, 0.15) is 0 Å². The van der Waals surface area contributed by atoms with Gasteiger partial charge in [0, 0.05) is 30.5 Å². The third-order valence-corrected chi connectivity index (χ3v) is 7.61. The Morgan fingerprint density at radius 1 is 0.967 bits per heavy atom. The van der Waals surface area contributed by atoms with Crippen LogP contribution < -0.4 is 10.0 Å². The summed E-state index contributed by atoms with van der Waals surface area (Å²) >= 11 is 3.24. The molecule has 1 saturated heterocycles. The maximum Gasteiger partial charge on any atom is 0.241 e. The molecule has 1 heterocycles. The molecule has 1 aliphatic rings. The van der Waals surface area contributed by atoms with Crippen molar-refractivity contribution in [3.05, 3.63) is 64.1 Å². The fraction of sp³-hybridized carbons (Fsp3) is 0.409. The second kappa shape index (κ2) is 11.0. The highest BCUT2D eigenvalue weighted by molar-refractivity contribution is 9.10. The number of amides is 1. The summed E-state index contributed by atoms with van der Waals surface area (Å²) in [4.78, 5) is 14.7. The zero-order chi connectivity index (χ0) is 21.4. The van der Waals surface area contributed by atoms with Crippen LogP contribution in [0, 0.1) is 0 Å². The molecule has 8 heteroatoms. The minimum Gasteiger partial charge on any atom is -0.352 e. The molecule has 0 aromatic heterocycles. The normalized spacial score (nSPS) is 15.1. The van der Waals surface area contributed by atoms with Crippen molar-refractivity contribution in [2.45, 2.75) is 43.7 Å². The number of nitrogens with zero attached hydrogens (tertiary/aromatic N) is 1. The van der Waals surface area contributed by atoms with E-state index in [9.17, 15) is 13.2 Å². The van der Waals surface area contributed by atoms with Crippen LogP contribution in [0.1, 0.15) is 36.8 Å². The van der Waals surface area contributed by atoms with Crippen LogP contribution in [0.25, 0.3) is 0 Å². The second-order valence-electron chi connectivity index (χ2n) is 7.51. The Kier molecular flexibility index (Phi) is 8.44. The summed E-state index contributed by atoms with van der Waals surface area (Å²) in [5.41, 5.74) is 2.31. The van der Waals surface area contributed by atoms with Crippen molar-refractivity contribution < 1.29 is 13.2 Å². The Morgan fingerprint density at radius 3 is 2.33 bits per heavy atom. The van der Waals surface area contributed by atoms with Gasteiger partial charge in [0.15, 0.2) is 0 Å². The van der Waals surface area contributed by atoms with Gasteiger partial charge >= 0.3 is 0 Å². The SMILES string of the molecule is O=C(CCNS(=O)(=O)c1ccccc1Br)NCc1ccc(CN2CCCCC2)cc1. The largest absolute Gasteiger partial charge is 0.352 e. The van der Waals surface area contributed by atoms with Crippen molar-refractivity contribution in [2.24, 2.45) is 0 Å². The molecular weight excluding hydrogens is 466 g/mol. The summed E-state index contributed by atoms with van der Waals surface area (Å²) in [6.07, 6.45) is 3.98. The van der Waals surface area contributed by atoms with Crippen LogP contribution in [0.15, 0.2) is 57.9 Å². The summed E-state index contributed by atoms with van der Waals surface area (Å²) in [6.45, 7) is 3.79. The number of carbonyl (C=O) groups excluding carboxylic acids is 1. The summed E-state index contributed by atoms with van der Waals surface area (Å²) in [6, 6.07) is 14.9. The lowest BCUT2D eigenvalue weighted by Crippen LogP contribution is -2.30. The first-order chi connectivity index (χ1) is 14.4. The van der Waals surface area contributed by atoms with Gasteiger partial charge in [-0.3, -0.25) is 9.69 Å². The predicted molar refractivity (Wildman–Crippen MR) is 121 cm³/mol. The van der Waals surface area contributed by atoms with Crippen molar-refractivity contribution in [2.75, 3.05) is 19.6 Å². The highest BCUT2D eigenvalue weighted by atomic mass is 79.9. The molecule has 0 spiro atoms. The predicted octanol–water partition coefficient (Wildman–Crippen LogP) is 3.42. The monoisotopic (exact) mass is 493 g/mol. The Hall–Kier alpha value is -1.74. The molecule has 2 aromatic rings. The first kappa shape index (κ1) is 22.9. The highest BCUT2D eigenvalue weighted by Crippen LogP contribution is 2.20. The summed E-state index contributed by atoms with van der Waals surface area (Å²) in [5, 5.41) is 2.84. The van der Waals surface area contributed by atoms with E-state index in [4.69, 9.17) is 0 Å². The lowest BCUT2D eigenvalue weighted by molar-refractivity contribution is -0.121. The average Bonchev–Trinajstić information content (AvgIpc) is 2.74. The topological polar surface area (TPSA) is 78.5 Å². The number of benzene rings is 2. The molecule has 3 rings (SSSR count). The van der Waals surface area contributed by atoms with E-state index in [0.29, 0.717) is 11.0 Å². The van der Waals surface area contributed by atoms with Gasteiger partial charge in [-0.05, 0) is 65.1 Å². The molecule has 162 valence electrons. The minimum absolute atomic E-state index is 0.0459. The standard InChI is InChI=1S/C22H28BrN3O3S/c23-20-6-2-3-7-21(20)30(28,29)25-13-12-22(27)24-16-18-8-10-19(11-9-18)17-26-14-4-1-5-15-26/h2-3,6-11,25H,1,4-5,12-17H2,(H,24,27). The van der Waals surface area contributed by atoms with Crippen molar-refractivity contribution >= 4 is 31.9 Å². The molecule has 1 fully saturated rings. The molecule has 0 saturated carbocycles. The number of halogens is 1. The fourth-order valence-corrected chi connectivity index (χ4v) is 5.50. The number of nitrogens with one attached hydrogen (secondary N) is 2. The Bertz CT molecular complexity index is 942. The number of rotatable bonds is 9. The van der Waals surface area contributed by atoms with E-state index >= 15 is 0 Å². The molecule has 0 radical (unpaired) electrons. The van der Waals surface area contributed by atoms with Gasteiger partial charge in [0.05, 0.1) is 4.90 Å². The van der Waals surface area contributed by atoms with Crippen LogP contribution in [0.3, 0.4) is 0 Å². The van der Waals surface area contributed by atoms with Gasteiger partial charge in [0.2, 0.25) is 15.9 Å². The van der Waals surface area contributed by atoms with Crippen LogP contribution in [0.5, 0.6) is 0 Å². The Labute approximate surface area is 187 Å². The molecule has 6 nitrogen and oxygen atoms in total. The van der Waals surface area contributed by atoms with Gasteiger partial charge in [-0.2, -0.15) is 0 Å². The number of hydrogen-bond donors (Lipinski definition) is 2. The lowest BCUT2D eigenvalue weighted by atomic mass is 10.1. The van der Waals surface area contributed by atoms with Gasteiger partial charge in [0.25, 0.3) is 0 Å². The summed E-state index contributed by atoms with van der Waals surface area (Å²) in [7, 11) is -3.65. The zero-order valence-electron chi connectivity index (χ0n) is 16.9. The quantitative estimate of drug-likeness (QED) is 0.560. The molecule has 0 aliphatic carbocycles. The molecule has 1 amide bonds. The highest BCUT2D eigenvalue weighted by Gasteiger charge is 2.17. The third kappa shape index (κ3) is 6.91. The van der Waals surface area contributed by atoms with Gasteiger partial charge in [-0.15, -0.1) is 0 Å². The van der Waals surface area contributed by atoms with Crippen LogP contribution in [0.4, 0.5) is 0 Å². The summed E-state index contributed by atoms with van der Waals surface area (Å²) in [5.74, 6) is -0.192. The van der Waals surface area contributed by atoms with Crippen LogP contribution in [-0.2, 0) is 27.9 Å². The Balaban J connectivity index is 1.39. The van der Waals surface area contributed by atoms with E-state index in [2.05, 4.69) is 43.0 Å². The van der Waals surface area contributed by atoms with Crippen molar-refractivity contribution in [3.8, 4) is 0 Å². The first-order valence-corrected chi connectivity index (χ1v) is 12.5. The molecule has 2 N–H and O–H groups in total. The molecule has 0 atom stereocenters. The van der Waals surface area contributed by atoms with Gasteiger partial charge < -0.3 is 5.32 Å². The van der Waals surface area contributed by atoms with Crippen molar-refractivity contribution in [1.82, 2.24) is 14.9 Å².